The van der Waals surface area contributed by atoms with Crippen LogP contribution in [0.25, 0.3) is 0 Å². The average Bonchev–Trinajstić information content (AvgIpc) is 2.29. The Bertz CT molecular complexity index is 501. The molecule has 0 aliphatic heterocycles. The van der Waals surface area contributed by atoms with Gasteiger partial charge in [-0.1, -0.05) is 0 Å². The second-order valence-corrected chi connectivity index (χ2v) is 4.42. The van der Waals surface area contributed by atoms with Gasteiger partial charge in [0.05, 0.1) is 13.0 Å². The molecule has 0 saturated heterocycles. The third kappa shape index (κ3) is 3.60. The van der Waals surface area contributed by atoms with Crippen LogP contribution in [0.1, 0.15) is 30.3 Å². The van der Waals surface area contributed by atoms with Gasteiger partial charge in [0.1, 0.15) is 11.8 Å². The molecule has 4 nitrogen and oxygen atoms in total. The fourth-order valence-corrected chi connectivity index (χ4v) is 1.93. The smallest absolute Gasteiger partial charge is 0.310 e. The van der Waals surface area contributed by atoms with Crippen molar-refractivity contribution in [3.8, 4) is 6.07 Å². The van der Waals surface area contributed by atoms with Gasteiger partial charge < -0.3 is 4.74 Å². The number of hydrogen-bond donors (Lipinski definition) is 0. The van der Waals surface area contributed by atoms with Crippen molar-refractivity contribution in [1.29, 1.82) is 5.26 Å². The molecule has 0 aromatic carbocycles. The molecule has 0 unspecified atom stereocenters. The zero-order valence-corrected chi connectivity index (χ0v) is 11.6. The van der Waals surface area contributed by atoms with E-state index in [-0.39, 0.29) is 24.3 Å². The van der Waals surface area contributed by atoms with Crippen LogP contribution in [0.15, 0.2) is 6.07 Å². The summed E-state index contributed by atoms with van der Waals surface area (Å²) in [5.74, 6) is -0.596. The van der Waals surface area contributed by atoms with Crippen molar-refractivity contribution in [2.75, 3.05) is 6.61 Å². The van der Waals surface area contributed by atoms with Gasteiger partial charge >= 0.3 is 5.97 Å². The predicted octanol–water partition coefficient (Wildman–Crippen LogP) is 2.60. The molecule has 0 atom stereocenters. The first-order chi connectivity index (χ1) is 8.49. The van der Waals surface area contributed by atoms with Crippen LogP contribution in [0.5, 0.6) is 0 Å². The van der Waals surface area contributed by atoms with Crippen LogP contribution in [0.2, 0.25) is 0 Å². The standard InChI is InChI=1S/C11H9F2IN2O2/c1-2-18-9(17)4-6-3-7(14)8(5-15)16-10(6)11(12)13/h3,11H,2,4H2,1H3. The van der Waals surface area contributed by atoms with Crippen molar-refractivity contribution in [3.05, 3.63) is 26.6 Å². The Hall–Kier alpha value is -1.30. The summed E-state index contributed by atoms with van der Waals surface area (Å²) in [7, 11) is 0. The lowest BCUT2D eigenvalue weighted by molar-refractivity contribution is -0.142. The number of nitriles is 1. The zero-order chi connectivity index (χ0) is 13.7. The lowest BCUT2D eigenvalue weighted by Gasteiger charge is -2.09. The lowest BCUT2D eigenvalue weighted by atomic mass is 10.1. The Morgan fingerprint density at radius 1 is 1.67 bits per heavy atom. The summed E-state index contributed by atoms with van der Waals surface area (Å²) < 4.78 is 30.7. The van der Waals surface area contributed by atoms with E-state index in [1.54, 1.807) is 13.0 Å². The maximum Gasteiger partial charge on any atom is 0.310 e. The van der Waals surface area contributed by atoms with E-state index in [0.29, 0.717) is 3.57 Å². The molecule has 0 radical (unpaired) electrons. The van der Waals surface area contributed by atoms with E-state index in [9.17, 15) is 13.6 Å². The summed E-state index contributed by atoms with van der Waals surface area (Å²) in [5.41, 5.74) is -0.523. The van der Waals surface area contributed by atoms with Crippen LogP contribution in [0, 0.1) is 14.9 Å². The molecular weight excluding hydrogens is 357 g/mol. The number of aromatic nitrogens is 1. The molecule has 96 valence electrons. The van der Waals surface area contributed by atoms with Gasteiger partial charge in [-0.3, -0.25) is 4.79 Å². The molecule has 1 aromatic rings. The number of nitrogens with zero attached hydrogens (tertiary/aromatic N) is 2. The van der Waals surface area contributed by atoms with Crippen LogP contribution in [-0.2, 0) is 16.0 Å². The summed E-state index contributed by atoms with van der Waals surface area (Å²) >= 11 is 1.81. The number of rotatable bonds is 4. The molecule has 1 rings (SSSR count). The van der Waals surface area contributed by atoms with Gasteiger partial charge in [-0.2, -0.15) is 5.26 Å². The van der Waals surface area contributed by atoms with E-state index in [0.717, 1.165) is 0 Å². The zero-order valence-electron chi connectivity index (χ0n) is 9.41. The van der Waals surface area contributed by atoms with E-state index in [1.165, 1.54) is 6.07 Å². The summed E-state index contributed by atoms with van der Waals surface area (Å²) in [5, 5.41) is 8.73. The summed E-state index contributed by atoms with van der Waals surface area (Å²) in [6, 6.07) is 3.09. The van der Waals surface area contributed by atoms with E-state index in [4.69, 9.17) is 10.00 Å². The molecule has 0 fully saturated rings. The Morgan fingerprint density at radius 2 is 2.33 bits per heavy atom. The van der Waals surface area contributed by atoms with Gasteiger partial charge in [0.15, 0.2) is 5.69 Å². The third-order valence-corrected chi connectivity index (χ3v) is 2.86. The minimum atomic E-state index is -2.83. The average molecular weight is 366 g/mol. The van der Waals surface area contributed by atoms with Gasteiger partial charge in [0, 0.05) is 3.57 Å². The van der Waals surface area contributed by atoms with Crippen molar-refractivity contribution < 1.29 is 18.3 Å². The normalized spacial score (nSPS) is 10.2. The van der Waals surface area contributed by atoms with Crippen LogP contribution >= 0.6 is 22.6 Å². The van der Waals surface area contributed by atoms with Crippen LogP contribution < -0.4 is 0 Å². The highest BCUT2D eigenvalue weighted by Gasteiger charge is 2.20. The van der Waals surface area contributed by atoms with Crippen molar-refractivity contribution in [2.45, 2.75) is 19.8 Å². The van der Waals surface area contributed by atoms with Gasteiger partial charge in [0.2, 0.25) is 0 Å². The van der Waals surface area contributed by atoms with Crippen molar-refractivity contribution in [3.63, 3.8) is 0 Å². The lowest BCUT2D eigenvalue weighted by Crippen LogP contribution is -2.11. The molecule has 1 aromatic heterocycles. The Balaban J connectivity index is 3.14. The number of halogens is 3. The highest BCUT2D eigenvalue weighted by Crippen LogP contribution is 2.24. The molecule has 1 heterocycles. The fourth-order valence-electron chi connectivity index (χ4n) is 1.32. The van der Waals surface area contributed by atoms with Crippen LogP contribution in [0.3, 0.4) is 0 Å². The topological polar surface area (TPSA) is 63.0 Å². The molecule has 0 saturated carbocycles. The molecule has 7 heteroatoms. The highest BCUT2D eigenvalue weighted by atomic mass is 127. The van der Waals surface area contributed by atoms with Gasteiger partial charge in [-0.25, -0.2) is 13.8 Å². The summed E-state index contributed by atoms with van der Waals surface area (Å²) in [4.78, 5) is 14.9. The van der Waals surface area contributed by atoms with Gasteiger partial charge in [0.25, 0.3) is 6.43 Å². The fraction of sp³-hybridized carbons (Fsp3) is 0.364. The summed E-state index contributed by atoms with van der Waals surface area (Å²) in [6.45, 7) is 1.82. The largest absolute Gasteiger partial charge is 0.466 e. The number of pyridine rings is 1. The van der Waals surface area contributed by atoms with Crippen LogP contribution in [0.4, 0.5) is 8.78 Å². The molecule has 0 aliphatic rings. The maximum atomic E-state index is 12.8. The van der Waals surface area contributed by atoms with Crippen molar-refractivity contribution in [2.24, 2.45) is 0 Å². The highest BCUT2D eigenvalue weighted by molar-refractivity contribution is 14.1. The molecule has 0 bridgehead atoms. The van der Waals surface area contributed by atoms with Crippen LogP contribution in [-0.4, -0.2) is 17.6 Å². The number of hydrogen-bond acceptors (Lipinski definition) is 4. The quantitative estimate of drug-likeness (QED) is 0.607. The Labute approximate surface area is 116 Å². The molecule has 0 aliphatic carbocycles. The number of ether oxygens (including phenoxy) is 1. The first kappa shape index (κ1) is 14.8. The number of alkyl halides is 2. The Kier molecular flexibility index (Phi) is 5.40. The minimum Gasteiger partial charge on any atom is -0.466 e. The first-order valence-corrected chi connectivity index (χ1v) is 6.10. The maximum absolute atomic E-state index is 12.8. The monoisotopic (exact) mass is 366 g/mol. The van der Waals surface area contributed by atoms with E-state index < -0.39 is 18.1 Å². The molecule has 0 N–H and O–H groups in total. The molecule has 0 spiro atoms. The van der Waals surface area contributed by atoms with Crippen molar-refractivity contribution in [1.82, 2.24) is 4.98 Å². The number of esters is 1. The third-order valence-electron chi connectivity index (χ3n) is 2.04. The van der Waals surface area contributed by atoms with E-state index in [1.807, 2.05) is 22.6 Å². The van der Waals surface area contributed by atoms with Gasteiger partial charge in [-0.15, -0.1) is 0 Å². The predicted molar refractivity (Wildman–Crippen MR) is 67.0 cm³/mol. The second kappa shape index (κ2) is 6.58. The molecule has 0 amide bonds. The Morgan fingerprint density at radius 3 is 2.83 bits per heavy atom. The SMILES string of the molecule is CCOC(=O)Cc1cc(I)c(C#N)nc1C(F)F. The first-order valence-electron chi connectivity index (χ1n) is 5.02. The van der Waals surface area contributed by atoms with Crippen molar-refractivity contribution >= 4 is 28.6 Å². The molecule has 18 heavy (non-hydrogen) atoms. The minimum absolute atomic E-state index is 0.0708. The number of carbonyl (C=O) groups is 1. The number of carbonyl (C=O) groups excluding carboxylic acids is 1. The van der Waals surface area contributed by atoms with E-state index in [2.05, 4.69) is 4.98 Å². The second-order valence-electron chi connectivity index (χ2n) is 3.26. The summed E-state index contributed by atoms with van der Waals surface area (Å²) in [6.07, 6.45) is -3.11. The van der Waals surface area contributed by atoms with Gasteiger partial charge in [-0.05, 0) is 41.1 Å². The molecular formula is C11H9F2IN2O2. The van der Waals surface area contributed by atoms with E-state index >= 15 is 0 Å².